The van der Waals surface area contributed by atoms with Gasteiger partial charge in [-0.05, 0) is 18.3 Å². The van der Waals surface area contributed by atoms with Gasteiger partial charge in [-0.1, -0.05) is 34.6 Å². The molecule has 0 saturated carbocycles. The topological polar surface area (TPSA) is 58.6 Å². The molecule has 0 aromatic heterocycles. The number of hydrogen-bond donors (Lipinski definition) is 1. The fraction of sp³-hybridized carbons (Fsp3) is 0.875. The number of nitrogens with zero attached hydrogens (tertiary/aromatic N) is 1. The lowest BCUT2D eigenvalue weighted by Gasteiger charge is -2.37. The quantitative estimate of drug-likeness (QED) is 0.842. The molecule has 0 aromatic rings. The number of carbonyl (C=O) groups excluding carboxylic acids is 2. The molecule has 1 aliphatic heterocycles. The number of nitrogens with one attached hydrogen (secondary N) is 1. The van der Waals surface area contributed by atoms with E-state index in [-0.39, 0.29) is 29.2 Å². The Bertz CT molecular complexity index is 374. The number of rotatable bonds is 5. The first-order valence-corrected chi connectivity index (χ1v) is 7.86. The molecule has 2 amide bonds. The standard InChI is InChI=1S/C16H30N2O3/c1-7-21-10-12(11(2)3)18-9-8-13(19)17-14(15(18)20)16(4,5)6/h11-12,14H,7-10H2,1-6H3,(H,17,19). The van der Waals surface area contributed by atoms with Crippen molar-refractivity contribution >= 4 is 11.8 Å². The van der Waals surface area contributed by atoms with Gasteiger partial charge >= 0.3 is 0 Å². The SMILES string of the molecule is CCOCC(C(C)C)N1CCC(=O)NC(C(C)(C)C)C1=O. The highest BCUT2D eigenvalue weighted by Gasteiger charge is 2.40. The highest BCUT2D eigenvalue weighted by atomic mass is 16.5. The van der Waals surface area contributed by atoms with E-state index in [1.165, 1.54) is 0 Å². The van der Waals surface area contributed by atoms with Crippen molar-refractivity contribution in [1.29, 1.82) is 0 Å². The van der Waals surface area contributed by atoms with Crippen molar-refractivity contribution in [2.75, 3.05) is 19.8 Å². The van der Waals surface area contributed by atoms with Gasteiger partial charge in [-0.3, -0.25) is 9.59 Å². The summed E-state index contributed by atoms with van der Waals surface area (Å²) >= 11 is 0. The third kappa shape index (κ3) is 4.70. The molecule has 0 bridgehead atoms. The van der Waals surface area contributed by atoms with Crippen molar-refractivity contribution in [3.63, 3.8) is 0 Å². The summed E-state index contributed by atoms with van der Waals surface area (Å²) < 4.78 is 5.55. The normalized spacial score (nSPS) is 22.2. The molecule has 5 nitrogen and oxygen atoms in total. The van der Waals surface area contributed by atoms with E-state index in [0.717, 1.165) is 0 Å². The van der Waals surface area contributed by atoms with Crippen LogP contribution >= 0.6 is 0 Å². The molecule has 5 heteroatoms. The Morgan fingerprint density at radius 2 is 1.95 bits per heavy atom. The molecule has 1 aliphatic rings. The summed E-state index contributed by atoms with van der Waals surface area (Å²) in [5.41, 5.74) is -0.303. The van der Waals surface area contributed by atoms with Gasteiger partial charge in [-0.15, -0.1) is 0 Å². The van der Waals surface area contributed by atoms with Crippen LogP contribution < -0.4 is 5.32 Å². The van der Waals surface area contributed by atoms with E-state index >= 15 is 0 Å². The van der Waals surface area contributed by atoms with Gasteiger partial charge < -0.3 is 15.0 Å². The largest absolute Gasteiger partial charge is 0.380 e. The highest BCUT2D eigenvalue weighted by Crippen LogP contribution is 2.25. The maximum Gasteiger partial charge on any atom is 0.246 e. The number of amides is 2. The molecule has 0 aliphatic carbocycles. The molecule has 122 valence electrons. The summed E-state index contributed by atoms with van der Waals surface area (Å²) in [5, 5.41) is 2.88. The number of hydrogen-bond acceptors (Lipinski definition) is 3. The van der Waals surface area contributed by atoms with Gasteiger partial charge in [0.1, 0.15) is 6.04 Å². The second kappa shape index (κ2) is 7.25. The Morgan fingerprint density at radius 3 is 2.43 bits per heavy atom. The lowest BCUT2D eigenvalue weighted by molar-refractivity contribution is -0.140. The molecular formula is C16H30N2O3. The molecule has 1 saturated heterocycles. The van der Waals surface area contributed by atoms with Crippen LogP contribution in [-0.2, 0) is 14.3 Å². The number of carbonyl (C=O) groups is 2. The summed E-state index contributed by atoms with van der Waals surface area (Å²) in [6.45, 7) is 13.7. The predicted octanol–water partition coefficient (Wildman–Crippen LogP) is 1.81. The molecule has 2 atom stereocenters. The molecule has 1 heterocycles. The average Bonchev–Trinajstić information content (AvgIpc) is 2.50. The Balaban J connectivity index is 3.02. The van der Waals surface area contributed by atoms with Gasteiger partial charge in [0.15, 0.2) is 0 Å². The van der Waals surface area contributed by atoms with E-state index < -0.39 is 6.04 Å². The maximum atomic E-state index is 12.9. The molecule has 0 radical (unpaired) electrons. The maximum absolute atomic E-state index is 12.9. The van der Waals surface area contributed by atoms with Crippen LogP contribution in [0.2, 0.25) is 0 Å². The minimum absolute atomic E-state index is 0.00625. The van der Waals surface area contributed by atoms with Crippen LogP contribution in [0.5, 0.6) is 0 Å². The van der Waals surface area contributed by atoms with Gasteiger partial charge in [0.05, 0.1) is 12.6 Å². The molecule has 1 fully saturated rings. The Labute approximate surface area is 128 Å². The summed E-state index contributed by atoms with van der Waals surface area (Å²) in [6.07, 6.45) is 0.355. The second-order valence-corrected chi connectivity index (χ2v) is 7.12. The van der Waals surface area contributed by atoms with Crippen molar-refractivity contribution in [2.45, 2.75) is 60.0 Å². The average molecular weight is 298 g/mol. The zero-order chi connectivity index (χ0) is 16.2. The van der Waals surface area contributed by atoms with Crippen molar-refractivity contribution in [1.82, 2.24) is 10.2 Å². The van der Waals surface area contributed by atoms with Crippen molar-refractivity contribution in [3.8, 4) is 0 Å². The van der Waals surface area contributed by atoms with Crippen LogP contribution in [-0.4, -0.2) is 48.6 Å². The van der Waals surface area contributed by atoms with Crippen LogP contribution in [0, 0.1) is 11.3 Å². The molecule has 0 spiro atoms. The predicted molar refractivity (Wildman–Crippen MR) is 82.8 cm³/mol. The third-order valence-electron chi connectivity index (χ3n) is 3.94. The summed E-state index contributed by atoms with van der Waals surface area (Å²) in [6, 6.07) is -0.467. The molecule has 2 unspecified atom stereocenters. The smallest absolute Gasteiger partial charge is 0.246 e. The lowest BCUT2D eigenvalue weighted by Crippen LogP contribution is -2.55. The Morgan fingerprint density at radius 1 is 1.33 bits per heavy atom. The molecule has 1 rings (SSSR count). The van der Waals surface area contributed by atoms with Crippen LogP contribution in [0.15, 0.2) is 0 Å². The van der Waals surface area contributed by atoms with E-state index in [4.69, 9.17) is 4.74 Å². The minimum atomic E-state index is -0.477. The van der Waals surface area contributed by atoms with E-state index in [1.807, 2.05) is 32.6 Å². The van der Waals surface area contributed by atoms with Crippen molar-refractivity contribution < 1.29 is 14.3 Å². The molecular weight excluding hydrogens is 268 g/mol. The van der Waals surface area contributed by atoms with Gasteiger partial charge in [-0.25, -0.2) is 0 Å². The molecule has 0 aromatic carbocycles. The summed E-state index contributed by atoms with van der Waals surface area (Å²) in [7, 11) is 0. The first-order valence-electron chi connectivity index (χ1n) is 7.86. The van der Waals surface area contributed by atoms with Crippen LogP contribution in [0.1, 0.15) is 48.0 Å². The first-order chi connectivity index (χ1) is 9.68. The van der Waals surface area contributed by atoms with Gasteiger partial charge in [0.25, 0.3) is 0 Å². The van der Waals surface area contributed by atoms with Gasteiger partial charge in [-0.2, -0.15) is 0 Å². The minimum Gasteiger partial charge on any atom is -0.380 e. The summed E-state index contributed by atoms with van der Waals surface area (Å²) in [5.74, 6) is 0.241. The van der Waals surface area contributed by atoms with E-state index in [1.54, 1.807) is 0 Å². The first kappa shape index (κ1) is 18.0. The van der Waals surface area contributed by atoms with Gasteiger partial charge in [0, 0.05) is 19.6 Å². The monoisotopic (exact) mass is 298 g/mol. The Hall–Kier alpha value is -1.10. The zero-order valence-corrected chi connectivity index (χ0v) is 14.2. The zero-order valence-electron chi connectivity index (χ0n) is 14.2. The number of ether oxygens (including phenoxy) is 1. The van der Waals surface area contributed by atoms with Crippen LogP contribution in [0.3, 0.4) is 0 Å². The molecule has 21 heavy (non-hydrogen) atoms. The van der Waals surface area contributed by atoms with Crippen LogP contribution in [0.4, 0.5) is 0 Å². The van der Waals surface area contributed by atoms with Gasteiger partial charge in [0.2, 0.25) is 11.8 Å². The van der Waals surface area contributed by atoms with E-state index in [0.29, 0.717) is 26.2 Å². The van der Waals surface area contributed by atoms with E-state index in [2.05, 4.69) is 19.2 Å². The van der Waals surface area contributed by atoms with Crippen LogP contribution in [0.25, 0.3) is 0 Å². The fourth-order valence-electron chi connectivity index (χ4n) is 2.59. The van der Waals surface area contributed by atoms with E-state index in [9.17, 15) is 9.59 Å². The molecule has 1 N–H and O–H groups in total. The lowest BCUT2D eigenvalue weighted by atomic mass is 9.85. The Kier molecular flexibility index (Phi) is 6.20. The summed E-state index contributed by atoms with van der Waals surface area (Å²) in [4.78, 5) is 26.7. The second-order valence-electron chi connectivity index (χ2n) is 7.12. The van der Waals surface area contributed by atoms with Crippen molar-refractivity contribution in [3.05, 3.63) is 0 Å². The third-order valence-corrected chi connectivity index (χ3v) is 3.94. The van der Waals surface area contributed by atoms with Crippen molar-refractivity contribution in [2.24, 2.45) is 11.3 Å². The highest BCUT2D eigenvalue weighted by molar-refractivity contribution is 5.90. The fourth-order valence-corrected chi connectivity index (χ4v) is 2.59.